The van der Waals surface area contributed by atoms with E-state index in [0.29, 0.717) is 18.5 Å². The van der Waals surface area contributed by atoms with Crippen molar-refractivity contribution in [3.63, 3.8) is 0 Å². The molecule has 0 saturated carbocycles. The molecule has 1 saturated heterocycles. The van der Waals surface area contributed by atoms with Gasteiger partial charge in [-0.3, -0.25) is 4.79 Å². The molecule has 1 N–H and O–H groups in total. The Labute approximate surface area is 182 Å². The molecule has 0 radical (unpaired) electrons. The molecule has 2 aromatic carbocycles. The summed E-state index contributed by atoms with van der Waals surface area (Å²) in [5.74, 6) is -0.617. The molecule has 0 spiro atoms. The fourth-order valence-electron chi connectivity index (χ4n) is 3.49. The molecule has 166 valence electrons. The number of carbonyl (C=O) groups is 2. The summed E-state index contributed by atoms with van der Waals surface area (Å²) in [5.41, 5.74) is 0.648. The van der Waals surface area contributed by atoms with Crippen LogP contribution in [0.15, 0.2) is 54.6 Å². The number of nitrogens with zero attached hydrogens (tertiary/aromatic N) is 1. The van der Waals surface area contributed by atoms with Gasteiger partial charge in [-0.05, 0) is 32.4 Å². The van der Waals surface area contributed by atoms with Crippen molar-refractivity contribution in [3.05, 3.63) is 71.5 Å². The van der Waals surface area contributed by atoms with Crippen molar-refractivity contribution in [2.24, 2.45) is 0 Å². The van der Waals surface area contributed by atoms with E-state index in [0.717, 1.165) is 5.56 Å². The number of morpholine rings is 1. The lowest BCUT2D eigenvalue weighted by Gasteiger charge is -2.35. The number of amides is 2. The summed E-state index contributed by atoms with van der Waals surface area (Å²) < 4.78 is 25.3. The van der Waals surface area contributed by atoms with Crippen LogP contribution in [-0.2, 0) is 20.7 Å². The smallest absolute Gasteiger partial charge is 0.408 e. The summed E-state index contributed by atoms with van der Waals surface area (Å²) in [5, 5.41) is 2.72. The Kier molecular flexibility index (Phi) is 7.28. The number of halogens is 1. The first kappa shape index (κ1) is 22.7. The Bertz CT molecular complexity index is 898. The maximum absolute atomic E-state index is 14.2. The molecule has 2 aromatic rings. The Morgan fingerprint density at radius 2 is 1.84 bits per heavy atom. The van der Waals surface area contributed by atoms with Crippen molar-refractivity contribution in [1.82, 2.24) is 10.2 Å². The first-order valence-electron chi connectivity index (χ1n) is 10.4. The highest BCUT2D eigenvalue weighted by molar-refractivity contribution is 5.86. The molecule has 1 unspecified atom stereocenters. The quantitative estimate of drug-likeness (QED) is 0.785. The Hall–Kier alpha value is -2.93. The van der Waals surface area contributed by atoms with Gasteiger partial charge in [-0.25, -0.2) is 9.18 Å². The number of rotatable bonds is 5. The molecule has 2 amide bonds. The van der Waals surface area contributed by atoms with Gasteiger partial charge in [0.1, 0.15) is 23.6 Å². The van der Waals surface area contributed by atoms with Crippen LogP contribution in [0.4, 0.5) is 9.18 Å². The minimum atomic E-state index is -0.809. The topological polar surface area (TPSA) is 67.9 Å². The summed E-state index contributed by atoms with van der Waals surface area (Å²) in [6, 6.07) is 15.0. The average Bonchev–Trinajstić information content (AvgIpc) is 2.72. The fourth-order valence-corrected chi connectivity index (χ4v) is 3.49. The zero-order chi connectivity index (χ0) is 22.4. The summed E-state index contributed by atoms with van der Waals surface area (Å²) in [4.78, 5) is 27.4. The molecule has 1 aliphatic rings. The first-order chi connectivity index (χ1) is 14.7. The largest absolute Gasteiger partial charge is 0.444 e. The van der Waals surface area contributed by atoms with Gasteiger partial charge in [-0.1, -0.05) is 48.5 Å². The van der Waals surface area contributed by atoms with Gasteiger partial charge in [0.2, 0.25) is 5.91 Å². The van der Waals surface area contributed by atoms with Crippen LogP contribution in [0.25, 0.3) is 0 Å². The molecule has 0 aromatic heterocycles. The maximum atomic E-state index is 14.2. The third kappa shape index (κ3) is 6.52. The Balaban J connectivity index is 1.76. The molecular formula is C24H29FN2O4. The number of nitrogens with one attached hydrogen (secondary N) is 1. The van der Waals surface area contributed by atoms with Crippen LogP contribution in [0, 0.1) is 5.82 Å². The van der Waals surface area contributed by atoms with E-state index in [9.17, 15) is 14.0 Å². The maximum Gasteiger partial charge on any atom is 0.408 e. The lowest BCUT2D eigenvalue weighted by molar-refractivity contribution is -0.141. The van der Waals surface area contributed by atoms with Gasteiger partial charge in [0, 0.05) is 18.5 Å². The summed E-state index contributed by atoms with van der Waals surface area (Å²) in [7, 11) is 0. The lowest BCUT2D eigenvalue weighted by Crippen LogP contribution is -2.53. The average molecular weight is 429 g/mol. The first-order valence-corrected chi connectivity index (χ1v) is 10.4. The molecule has 2 atom stereocenters. The molecule has 1 aliphatic heterocycles. The van der Waals surface area contributed by atoms with E-state index in [2.05, 4.69) is 5.32 Å². The Morgan fingerprint density at radius 3 is 2.52 bits per heavy atom. The van der Waals surface area contributed by atoms with E-state index in [1.807, 2.05) is 30.3 Å². The second-order valence-electron chi connectivity index (χ2n) is 8.55. The molecule has 6 nitrogen and oxygen atoms in total. The van der Waals surface area contributed by atoms with Crippen molar-refractivity contribution in [2.75, 3.05) is 19.7 Å². The van der Waals surface area contributed by atoms with Crippen LogP contribution in [0.2, 0.25) is 0 Å². The molecule has 3 rings (SSSR count). The predicted molar refractivity (Wildman–Crippen MR) is 115 cm³/mol. The second kappa shape index (κ2) is 9.92. The van der Waals surface area contributed by atoms with E-state index in [1.165, 1.54) is 6.07 Å². The lowest BCUT2D eigenvalue weighted by atomic mass is 10.0. The molecule has 31 heavy (non-hydrogen) atoms. The van der Waals surface area contributed by atoms with Gasteiger partial charge < -0.3 is 19.7 Å². The van der Waals surface area contributed by atoms with Crippen LogP contribution in [0.3, 0.4) is 0 Å². The van der Waals surface area contributed by atoms with Crippen LogP contribution < -0.4 is 5.32 Å². The van der Waals surface area contributed by atoms with Crippen LogP contribution in [0.1, 0.15) is 38.0 Å². The fraction of sp³-hybridized carbons (Fsp3) is 0.417. The molecule has 7 heteroatoms. The van der Waals surface area contributed by atoms with Crippen molar-refractivity contribution in [1.29, 1.82) is 0 Å². The number of benzene rings is 2. The molecular weight excluding hydrogens is 399 g/mol. The monoisotopic (exact) mass is 428 g/mol. The number of ether oxygens (including phenoxy) is 2. The van der Waals surface area contributed by atoms with Gasteiger partial charge >= 0.3 is 6.09 Å². The summed E-state index contributed by atoms with van der Waals surface area (Å²) in [6.45, 7) is 6.16. The van der Waals surface area contributed by atoms with Crippen LogP contribution in [0.5, 0.6) is 0 Å². The van der Waals surface area contributed by atoms with E-state index in [4.69, 9.17) is 9.47 Å². The van der Waals surface area contributed by atoms with Gasteiger partial charge in [-0.2, -0.15) is 0 Å². The van der Waals surface area contributed by atoms with E-state index in [1.54, 1.807) is 43.9 Å². The second-order valence-corrected chi connectivity index (χ2v) is 8.55. The van der Waals surface area contributed by atoms with Crippen LogP contribution >= 0.6 is 0 Å². The van der Waals surface area contributed by atoms with Crippen molar-refractivity contribution in [2.45, 2.75) is 44.9 Å². The molecule has 1 fully saturated rings. The number of hydrogen-bond acceptors (Lipinski definition) is 4. The van der Waals surface area contributed by atoms with Crippen molar-refractivity contribution in [3.8, 4) is 0 Å². The standard InChI is InChI=1S/C24H29FN2O4/c1-24(2,3)31-23(29)26-20(15-17-9-5-4-6-10-17)22(28)27-13-14-30-21(16-27)18-11-7-8-12-19(18)25/h4-12,20-21H,13-16H2,1-3H3,(H,26,29)/t20-,21?/m0/s1. The minimum Gasteiger partial charge on any atom is -0.444 e. The number of alkyl carbamates (subject to hydrolysis) is 1. The Morgan fingerprint density at radius 1 is 1.16 bits per heavy atom. The normalized spacial score (nSPS) is 17.7. The van der Waals surface area contributed by atoms with Gasteiger partial charge in [-0.15, -0.1) is 0 Å². The summed E-state index contributed by atoms with van der Waals surface area (Å²) >= 11 is 0. The highest BCUT2D eigenvalue weighted by Crippen LogP contribution is 2.25. The van der Waals surface area contributed by atoms with Crippen LogP contribution in [-0.4, -0.2) is 48.2 Å². The third-order valence-electron chi connectivity index (χ3n) is 4.90. The van der Waals surface area contributed by atoms with E-state index >= 15 is 0 Å². The highest BCUT2D eigenvalue weighted by Gasteiger charge is 2.33. The third-order valence-corrected chi connectivity index (χ3v) is 4.90. The SMILES string of the molecule is CC(C)(C)OC(=O)N[C@@H](Cc1ccccc1)C(=O)N1CCOC(c2ccccc2F)C1. The van der Waals surface area contributed by atoms with Gasteiger partial charge in [0.05, 0.1) is 13.2 Å². The van der Waals surface area contributed by atoms with Gasteiger partial charge in [0.25, 0.3) is 0 Å². The van der Waals surface area contributed by atoms with E-state index < -0.39 is 23.8 Å². The zero-order valence-electron chi connectivity index (χ0n) is 18.1. The zero-order valence-corrected chi connectivity index (χ0v) is 18.1. The minimum absolute atomic E-state index is 0.209. The molecule has 1 heterocycles. The summed E-state index contributed by atoms with van der Waals surface area (Å²) in [6.07, 6.45) is -0.890. The van der Waals surface area contributed by atoms with Crippen molar-refractivity contribution >= 4 is 12.0 Å². The molecule has 0 bridgehead atoms. The molecule has 0 aliphatic carbocycles. The highest BCUT2D eigenvalue weighted by atomic mass is 19.1. The van der Waals surface area contributed by atoms with E-state index in [-0.39, 0.29) is 24.9 Å². The predicted octanol–water partition coefficient (Wildman–Crippen LogP) is 3.86. The van der Waals surface area contributed by atoms with Gasteiger partial charge in [0.15, 0.2) is 0 Å². The number of hydrogen-bond donors (Lipinski definition) is 1. The number of carbonyl (C=O) groups excluding carboxylic acids is 2. The van der Waals surface area contributed by atoms with Crippen molar-refractivity contribution < 1.29 is 23.5 Å².